The van der Waals surface area contributed by atoms with Gasteiger partial charge in [-0.05, 0) is 115 Å². The molecule has 0 saturated carbocycles. The molecule has 11 rings (SSSR count). The SMILES string of the molecule is CC(C)(C)c1cc2c(c(N(c3ccc(-c4ccccc4)cc3)c3ccc4c(c3)-c3ccccc3C4(c3ccccc3)c3ccccc3)c1)[B]c1cc(-c3ccccc3)ccc1N2. The fourth-order valence-electron chi connectivity index (χ4n) is 9.85. The second-order valence-electron chi connectivity index (χ2n) is 17.6. The summed E-state index contributed by atoms with van der Waals surface area (Å²) in [6, 6.07) is 80.3. The fraction of sp³-hybridized carbons (Fsp3) is 0.0847. The van der Waals surface area contributed by atoms with Crippen molar-refractivity contribution in [3.05, 3.63) is 246 Å². The second-order valence-corrected chi connectivity index (χ2v) is 17.6. The number of benzene rings is 9. The van der Waals surface area contributed by atoms with Crippen molar-refractivity contribution < 1.29 is 0 Å². The Labute approximate surface area is 366 Å². The van der Waals surface area contributed by atoms with Crippen LogP contribution in [0.1, 0.15) is 48.6 Å². The van der Waals surface area contributed by atoms with Crippen molar-refractivity contribution in [3.8, 4) is 33.4 Å². The minimum absolute atomic E-state index is 0.104. The number of nitrogens with zero attached hydrogens (tertiary/aromatic N) is 1. The van der Waals surface area contributed by atoms with Gasteiger partial charge in [0.1, 0.15) is 0 Å². The van der Waals surface area contributed by atoms with E-state index in [0.717, 1.165) is 33.9 Å². The van der Waals surface area contributed by atoms with Gasteiger partial charge in [0.05, 0.1) is 5.41 Å². The van der Waals surface area contributed by atoms with Gasteiger partial charge < -0.3 is 10.2 Å². The maximum Gasteiger partial charge on any atom is 0.199 e. The number of nitrogens with one attached hydrogen (secondary N) is 1. The molecule has 1 radical (unpaired) electrons. The van der Waals surface area contributed by atoms with Gasteiger partial charge in [-0.1, -0.05) is 202 Å². The summed E-state index contributed by atoms with van der Waals surface area (Å²) in [5.41, 5.74) is 21.0. The Morgan fingerprint density at radius 3 is 1.61 bits per heavy atom. The topological polar surface area (TPSA) is 15.3 Å². The molecule has 1 aliphatic heterocycles. The molecule has 2 nitrogen and oxygen atoms in total. The largest absolute Gasteiger partial charge is 0.356 e. The molecule has 1 heterocycles. The van der Waals surface area contributed by atoms with Crippen LogP contribution >= 0.6 is 0 Å². The average Bonchev–Trinajstić information content (AvgIpc) is 3.62. The number of anilines is 5. The predicted octanol–water partition coefficient (Wildman–Crippen LogP) is 13.9. The Bertz CT molecular complexity index is 3040. The zero-order valence-electron chi connectivity index (χ0n) is 35.3. The minimum Gasteiger partial charge on any atom is -0.356 e. The smallest absolute Gasteiger partial charge is 0.199 e. The molecule has 1 N–H and O–H groups in total. The highest BCUT2D eigenvalue weighted by Gasteiger charge is 2.46. The van der Waals surface area contributed by atoms with E-state index in [9.17, 15) is 0 Å². The Balaban J connectivity index is 1.14. The molecular weight excluding hydrogens is 747 g/mol. The quantitative estimate of drug-likeness (QED) is 0.162. The van der Waals surface area contributed by atoms with E-state index in [2.05, 4.69) is 257 Å². The first-order chi connectivity index (χ1) is 30.4. The predicted molar refractivity (Wildman–Crippen MR) is 263 cm³/mol. The molecule has 0 aromatic heterocycles. The lowest BCUT2D eigenvalue weighted by molar-refractivity contribution is 0.591. The summed E-state index contributed by atoms with van der Waals surface area (Å²) >= 11 is 0. The van der Waals surface area contributed by atoms with E-state index >= 15 is 0 Å². The minimum atomic E-state index is -0.474. The number of hydrogen-bond donors (Lipinski definition) is 1. The van der Waals surface area contributed by atoms with Crippen LogP contribution in [0.15, 0.2) is 218 Å². The second kappa shape index (κ2) is 15.0. The highest BCUT2D eigenvalue weighted by atomic mass is 15.1. The van der Waals surface area contributed by atoms with Gasteiger partial charge in [0.15, 0.2) is 7.28 Å². The molecule has 0 fully saturated rings. The zero-order valence-corrected chi connectivity index (χ0v) is 35.3. The summed E-state index contributed by atoms with van der Waals surface area (Å²) in [7, 11) is 2.39. The van der Waals surface area contributed by atoms with E-state index in [1.807, 2.05) is 0 Å². The van der Waals surface area contributed by atoms with Crippen LogP contribution in [-0.4, -0.2) is 7.28 Å². The molecule has 0 spiro atoms. The van der Waals surface area contributed by atoms with Gasteiger partial charge >= 0.3 is 0 Å². The third kappa shape index (κ3) is 6.27. The highest BCUT2D eigenvalue weighted by molar-refractivity contribution is 6.73. The van der Waals surface area contributed by atoms with Gasteiger partial charge in [0.2, 0.25) is 0 Å². The van der Waals surface area contributed by atoms with Gasteiger partial charge in [-0.15, -0.1) is 0 Å². The van der Waals surface area contributed by atoms with E-state index in [4.69, 9.17) is 0 Å². The fourth-order valence-corrected chi connectivity index (χ4v) is 9.85. The van der Waals surface area contributed by atoms with Crippen LogP contribution in [0.2, 0.25) is 0 Å². The van der Waals surface area contributed by atoms with Gasteiger partial charge in [-0.3, -0.25) is 0 Å². The van der Waals surface area contributed by atoms with Crippen LogP contribution in [-0.2, 0) is 10.8 Å². The zero-order chi connectivity index (χ0) is 41.8. The molecule has 0 amide bonds. The van der Waals surface area contributed by atoms with Crippen molar-refractivity contribution in [2.75, 3.05) is 10.2 Å². The molecular formula is C59H46BN2. The third-order valence-electron chi connectivity index (χ3n) is 12.9. The van der Waals surface area contributed by atoms with Crippen molar-refractivity contribution in [3.63, 3.8) is 0 Å². The summed E-state index contributed by atoms with van der Waals surface area (Å²) < 4.78 is 0. The van der Waals surface area contributed by atoms with Crippen molar-refractivity contribution >= 4 is 46.6 Å². The van der Waals surface area contributed by atoms with Crippen LogP contribution in [0.3, 0.4) is 0 Å². The number of fused-ring (bicyclic) bond motifs is 5. The van der Waals surface area contributed by atoms with E-state index in [1.54, 1.807) is 0 Å². The van der Waals surface area contributed by atoms with Gasteiger partial charge in [0, 0.05) is 28.4 Å². The lowest BCUT2D eigenvalue weighted by atomic mass is 9.59. The van der Waals surface area contributed by atoms with Gasteiger partial charge in [-0.2, -0.15) is 0 Å². The summed E-state index contributed by atoms with van der Waals surface area (Å²) in [6.45, 7) is 6.93. The van der Waals surface area contributed by atoms with Crippen LogP contribution in [0.25, 0.3) is 33.4 Å². The van der Waals surface area contributed by atoms with Crippen molar-refractivity contribution in [2.24, 2.45) is 0 Å². The third-order valence-corrected chi connectivity index (χ3v) is 12.9. The summed E-state index contributed by atoms with van der Waals surface area (Å²) in [4.78, 5) is 2.49. The molecule has 2 aliphatic rings. The Morgan fingerprint density at radius 2 is 0.968 bits per heavy atom. The number of hydrogen-bond acceptors (Lipinski definition) is 2. The molecule has 295 valence electrons. The summed E-state index contributed by atoms with van der Waals surface area (Å²) in [5.74, 6) is 0. The Hall–Kier alpha value is -7.36. The lowest BCUT2D eigenvalue weighted by Gasteiger charge is -2.35. The molecule has 3 heteroatoms. The van der Waals surface area contributed by atoms with E-state index in [-0.39, 0.29) is 5.41 Å². The van der Waals surface area contributed by atoms with Crippen molar-refractivity contribution in [2.45, 2.75) is 31.6 Å². The lowest BCUT2D eigenvalue weighted by Crippen LogP contribution is -2.39. The first kappa shape index (κ1) is 37.6. The maximum atomic E-state index is 3.90. The van der Waals surface area contributed by atoms with E-state index < -0.39 is 5.41 Å². The standard InChI is InChI=1S/C59H46BN2/c1-58(2,3)46-37-55-57(60-53-36-43(30-35-54(53)61-55)41-20-10-5-11-21-41)56(38-46)62(47-31-28-42(29-32-47)40-18-8-4-9-19-40)48-33-34-52-50(39-48)49-26-16-17-27-51(49)59(52,44-22-12-6-13-23-44)45-24-14-7-15-25-45/h4-39,61H,1-3H3. The molecule has 0 unspecified atom stereocenters. The number of rotatable bonds is 7. The molecule has 62 heavy (non-hydrogen) atoms. The molecule has 9 aromatic rings. The molecule has 0 bridgehead atoms. The average molecular weight is 794 g/mol. The first-order valence-corrected chi connectivity index (χ1v) is 21.7. The Morgan fingerprint density at radius 1 is 0.435 bits per heavy atom. The van der Waals surface area contributed by atoms with E-state index in [0.29, 0.717) is 0 Å². The molecule has 0 saturated heterocycles. The van der Waals surface area contributed by atoms with Crippen molar-refractivity contribution in [1.29, 1.82) is 0 Å². The Kier molecular flexibility index (Phi) is 9.09. The summed E-state index contributed by atoms with van der Waals surface area (Å²) in [5, 5.41) is 3.90. The van der Waals surface area contributed by atoms with Crippen LogP contribution in [0, 0.1) is 0 Å². The summed E-state index contributed by atoms with van der Waals surface area (Å²) in [6.07, 6.45) is 0. The normalized spacial score (nSPS) is 13.1. The van der Waals surface area contributed by atoms with Gasteiger partial charge in [-0.25, -0.2) is 0 Å². The van der Waals surface area contributed by atoms with Crippen LogP contribution in [0.5, 0.6) is 0 Å². The van der Waals surface area contributed by atoms with Crippen molar-refractivity contribution in [1.82, 2.24) is 0 Å². The molecule has 1 aliphatic carbocycles. The molecule has 0 atom stereocenters. The van der Waals surface area contributed by atoms with Crippen LogP contribution < -0.4 is 21.1 Å². The van der Waals surface area contributed by atoms with Gasteiger partial charge in [0.25, 0.3) is 0 Å². The highest BCUT2D eigenvalue weighted by Crippen LogP contribution is 2.57. The first-order valence-electron chi connectivity index (χ1n) is 21.7. The van der Waals surface area contributed by atoms with Crippen LogP contribution in [0.4, 0.5) is 28.4 Å². The monoisotopic (exact) mass is 793 g/mol. The maximum absolute atomic E-state index is 3.90. The molecule has 9 aromatic carbocycles. The van der Waals surface area contributed by atoms with E-state index in [1.165, 1.54) is 66.7 Å².